The number of halogens is 1. The normalized spacial score (nSPS) is 13.6. The van der Waals surface area contributed by atoms with Crippen LogP contribution in [0.1, 0.15) is 16.8 Å². The SMILES string of the molecule is CS(=O)(=O)c1ccc(C2=NCc3c(Cl)cccc3-n3cccc32)cc1. The molecule has 2 heterocycles. The third kappa shape index (κ3) is 2.79. The van der Waals surface area contributed by atoms with Crippen LogP contribution in [0.15, 0.2) is 70.7 Å². The zero-order valence-electron chi connectivity index (χ0n) is 13.5. The lowest BCUT2D eigenvalue weighted by Gasteiger charge is -2.11. The van der Waals surface area contributed by atoms with E-state index in [4.69, 9.17) is 16.6 Å². The van der Waals surface area contributed by atoms with Crippen LogP contribution in [-0.2, 0) is 16.4 Å². The minimum atomic E-state index is -3.22. The van der Waals surface area contributed by atoms with Crippen molar-refractivity contribution in [2.45, 2.75) is 11.4 Å². The van der Waals surface area contributed by atoms with Crippen LogP contribution in [-0.4, -0.2) is 25.0 Å². The summed E-state index contributed by atoms with van der Waals surface area (Å²) in [6.45, 7) is 0.472. The summed E-state index contributed by atoms with van der Waals surface area (Å²) in [6.07, 6.45) is 3.19. The Kier molecular flexibility index (Phi) is 3.78. The van der Waals surface area contributed by atoms with Gasteiger partial charge in [-0.2, -0.15) is 0 Å². The van der Waals surface area contributed by atoms with Crippen LogP contribution < -0.4 is 0 Å². The van der Waals surface area contributed by atoms with Gasteiger partial charge in [0.05, 0.1) is 28.5 Å². The Morgan fingerprint density at radius 2 is 1.80 bits per heavy atom. The standard InChI is InChI=1S/C19H15ClN2O2S/c1-25(23,24)14-9-7-13(8-10-14)19-18-6-3-11-22(18)17-5-2-4-16(20)15(17)12-21-19/h2-11H,12H2,1H3. The van der Waals surface area contributed by atoms with Crippen molar-refractivity contribution in [3.05, 3.63) is 82.6 Å². The molecule has 0 bridgehead atoms. The van der Waals surface area contributed by atoms with E-state index in [1.165, 1.54) is 6.26 Å². The van der Waals surface area contributed by atoms with Crippen molar-refractivity contribution in [1.82, 2.24) is 4.57 Å². The van der Waals surface area contributed by atoms with Gasteiger partial charge in [0.15, 0.2) is 9.84 Å². The van der Waals surface area contributed by atoms with Gasteiger partial charge in [0.1, 0.15) is 0 Å². The van der Waals surface area contributed by atoms with E-state index < -0.39 is 9.84 Å². The van der Waals surface area contributed by atoms with E-state index in [9.17, 15) is 8.42 Å². The fourth-order valence-corrected chi connectivity index (χ4v) is 3.91. The molecule has 0 saturated heterocycles. The molecule has 2 aromatic carbocycles. The van der Waals surface area contributed by atoms with E-state index in [-0.39, 0.29) is 0 Å². The Morgan fingerprint density at radius 3 is 2.52 bits per heavy atom. The highest BCUT2D eigenvalue weighted by Crippen LogP contribution is 2.29. The molecule has 0 N–H and O–H groups in total. The van der Waals surface area contributed by atoms with Gasteiger partial charge in [-0.1, -0.05) is 29.8 Å². The van der Waals surface area contributed by atoms with Crippen molar-refractivity contribution in [2.75, 3.05) is 6.26 Å². The van der Waals surface area contributed by atoms with Crippen molar-refractivity contribution in [3.8, 4) is 5.69 Å². The van der Waals surface area contributed by atoms with E-state index in [0.29, 0.717) is 16.5 Å². The van der Waals surface area contributed by atoms with Crippen LogP contribution in [0.3, 0.4) is 0 Å². The van der Waals surface area contributed by atoms with Gasteiger partial charge in [-0.15, -0.1) is 0 Å². The first-order valence-corrected chi connectivity index (χ1v) is 10.0. The van der Waals surface area contributed by atoms with Gasteiger partial charge < -0.3 is 4.57 Å². The monoisotopic (exact) mass is 370 g/mol. The summed E-state index contributed by atoms with van der Waals surface area (Å²) >= 11 is 6.36. The lowest BCUT2D eigenvalue weighted by Crippen LogP contribution is -2.08. The Bertz CT molecular complexity index is 1100. The van der Waals surface area contributed by atoms with Crippen LogP contribution in [0.5, 0.6) is 0 Å². The highest BCUT2D eigenvalue weighted by Gasteiger charge is 2.20. The smallest absolute Gasteiger partial charge is 0.175 e. The summed E-state index contributed by atoms with van der Waals surface area (Å²) in [5.41, 5.74) is 4.63. The van der Waals surface area contributed by atoms with Gasteiger partial charge in [0.25, 0.3) is 0 Å². The Hall–Kier alpha value is -2.37. The maximum absolute atomic E-state index is 11.7. The van der Waals surface area contributed by atoms with E-state index >= 15 is 0 Å². The molecule has 0 aliphatic carbocycles. The van der Waals surface area contributed by atoms with E-state index in [1.807, 2.05) is 36.5 Å². The van der Waals surface area contributed by atoms with Gasteiger partial charge in [0.2, 0.25) is 0 Å². The van der Waals surface area contributed by atoms with Crippen molar-refractivity contribution in [1.29, 1.82) is 0 Å². The van der Waals surface area contributed by atoms with Crippen LogP contribution in [0.25, 0.3) is 5.69 Å². The molecule has 4 nitrogen and oxygen atoms in total. The minimum Gasteiger partial charge on any atom is -0.315 e. The topological polar surface area (TPSA) is 51.4 Å². The van der Waals surface area contributed by atoms with Crippen LogP contribution in [0, 0.1) is 0 Å². The first kappa shape index (κ1) is 16.1. The number of fused-ring (bicyclic) bond motifs is 3. The van der Waals surface area contributed by atoms with Crippen LogP contribution >= 0.6 is 11.6 Å². The molecule has 126 valence electrons. The van der Waals surface area contributed by atoms with Gasteiger partial charge >= 0.3 is 0 Å². The molecular weight excluding hydrogens is 356 g/mol. The molecule has 25 heavy (non-hydrogen) atoms. The lowest BCUT2D eigenvalue weighted by molar-refractivity contribution is 0.602. The molecule has 6 heteroatoms. The zero-order valence-corrected chi connectivity index (χ0v) is 15.1. The van der Waals surface area contributed by atoms with Gasteiger partial charge in [0, 0.05) is 28.6 Å². The third-order valence-electron chi connectivity index (χ3n) is 4.30. The fraction of sp³-hybridized carbons (Fsp3) is 0.105. The Labute approximate surface area is 151 Å². The number of aliphatic imine (C=N–C) groups is 1. The fourth-order valence-electron chi connectivity index (χ4n) is 3.05. The predicted octanol–water partition coefficient (Wildman–Crippen LogP) is 3.89. The average Bonchev–Trinajstić information content (AvgIpc) is 2.99. The van der Waals surface area contributed by atoms with Gasteiger partial charge in [-0.3, -0.25) is 4.99 Å². The second kappa shape index (κ2) is 5.86. The molecular formula is C19H15ClN2O2S. The molecule has 0 spiro atoms. The summed E-state index contributed by atoms with van der Waals surface area (Å²) in [6, 6.07) is 16.6. The molecule has 0 amide bonds. The molecule has 4 rings (SSSR count). The number of rotatable bonds is 2. The highest BCUT2D eigenvalue weighted by molar-refractivity contribution is 7.90. The number of nitrogens with zero attached hydrogens (tertiary/aromatic N) is 2. The molecule has 1 aliphatic heterocycles. The summed E-state index contributed by atoms with van der Waals surface area (Å²) in [7, 11) is -3.22. The molecule has 3 aromatic rings. The summed E-state index contributed by atoms with van der Waals surface area (Å²) in [5.74, 6) is 0. The molecule has 0 radical (unpaired) electrons. The van der Waals surface area contributed by atoms with Crippen molar-refractivity contribution in [3.63, 3.8) is 0 Å². The summed E-state index contributed by atoms with van der Waals surface area (Å²) in [4.78, 5) is 5.06. The van der Waals surface area contributed by atoms with Gasteiger partial charge in [-0.25, -0.2) is 8.42 Å². The summed E-state index contributed by atoms with van der Waals surface area (Å²) < 4.78 is 25.4. The zero-order chi connectivity index (χ0) is 17.6. The van der Waals surface area contributed by atoms with Crippen LogP contribution in [0.2, 0.25) is 5.02 Å². The lowest BCUT2D eigenvalue weighted by atomic mass is 10.1. The number of hydrogen-bond acceptors (Lipinski definition) is 3. The maximum atomic E-state index is 11.7. The Balaban J connectivity index is 1.86. The second-order valence-corrected chi connectivity index (χ2v) is 8.39. The van der Waals surface area contributed by atoms with Gasteiger partial charge in [-0.05, 0) is 36.4 Å². The third-order valence-corrected chi connectivity index (χ3v) is 5.78. The maximum Gasteiger partial charge on any atom is 0.175 e. The summed E-state index contributed by atoms with van der Waals surface area (Å²) in [5, 5.41) is 0.689. The van der Waals surface area contributed by atoms with Crippen molar-refractivity contribution >= 4 is 27.1 Å². The first-order valence-electron chi connectivity index (χ1n) is 7.75. The quantitative estimate of drug-likeness (QED) is 0.687. The van der Waals surface area contributed by atoms with Crippen molar-refractivity contribution < 1.29 is 8.42 Å². The second-order valence-electron chi connectivity index (χ2n) is 5.96. The highest BCUT2D eigenvalue weighted by atomic mass is 35.5. The Morgan fingerprint density at radius 1 is 1.04 bits per heavy atom. The van der Waals surface area contributed by atoms with Crippen molar-refractivity contribution in [2.24, 2.45) is 4.99 Å². The molecule has 0 atom stereocenters. The number of benzene rings is 2. The molecule has 0 unspecified atom stereocenters. The molecule has 0 fully saturated rings. The number of sulfone groups is 1. The average molecular weight is 371 g/mol. The molecule has 1 aromatic heterocycles. The van der Waals surface area contributed by atoms with E-state index in [1.54, 1.807) is 24.3 Å². The molecule has 0 saturated carbocycles. The predicted molar refractivity (Wildman–Crippen MR) is 99.7 cm³/mol. The first-order chi connectivity index (χ1) is 11.9. The molecule has 1 aliphatic rings. The van der Waals surface area contributed by atoms with E-state index in [2.05, 4.69) is 4.57 Å². The number of aromatic nitrogens is 1. The largest absolute Gasteiger partial charge is 0.315 e. The minimum absolute atomic E-state index is 0.298. The van der Waals surface area contributed by atoms with Crippen LogP contribution in [0.4, 0.5) is 0 Å². The number of hydrogen-bond donors (Lipinski definition) is 0. The van der Waals surface area contributed by atoms with E-state index in [0.717, 1.165) is 28.2 Å².